The fourth-order valence-electron chi connectivity index (χ4n) is 3.53. The van der Waals surface area contributed by atoms with Gasteiger partial charge >= 0.3 is 0 Å². The van der Waals surface area contributed by atoms with Crippen molar-refractivity contribution in [1.82, 2.24) is 25.1 Å². The molecule has 3 aromatic carbocycles. The van der Waals surface area contributed by atoms with E-state index in [9.17, 15) is 4.79 Å². The van der Waals surface area contributed by atoms with E-state index < -0.39 is 0 Å². The molecule has 5 rings (SSSR count). The van der Waals surface area contributed by atoms with Gasteiger partial charge in [-0.05, 0) is 36.2 Å². The largest absolute Gasteiger partial charge is 0.355 e. The molecule has 2 heterocycles. The zero-order chi connectivity index (χ0) is 23.9. The highest BCUT2D eigenvalue weighted by Crippen LogP contribution is 2.32. The van der Waals surface area contributed by atoms with Gasteiger partial charge in [-0.3, -0.25) is 9.36 Å². The quantitative estimate of drug-likeness (QED) is 0.242. The number of fused-ring (bicyclic) bond motifs is 1. The summed E-state index contributed by atoms with van der Waals surface area (Å²) >= 11 is 4.73. The molecule has 9 heteroatoms. The summed E-state index contributed by atoms with van der Waals surface area (Å²) < 4.78 is 4.21. The van der Waals surface area contributed by atoms with Gasteiger partial charge < -0.3 is 5.32 Å². The van der Waals surface area contributed by atoms with Gasteiger partial charge in [0, 0.05) is 12.2 Å². The summed E-state index contributed by atoms with van der Waals surface area (Å²) in [5.74, 6) is 1.72. The van der Waals surface area contributed by atoms with E-state index in [1.165, 1.54) is 22.0 Å². The molecule has 176 valence electrons. The molecule has 0 bridgehead atoms. The summed E-state index contributed by atoms with van der Waals surface area (Å²) in [6.07, 6.45) is 0.810. The van der Waals surface area contributed by atoms with Crippen molar-refractivity contribution < 1.29 is 4.79 Å². The lowest BCUT2D eigenvalue weighted by Crippen LogP contribution is -2.27. The first-order valence-electron chi connectivity index (χ1n) is 11.2. The Balaban J connectivity index is 1.24. The molecule has 0 atom stereocenters. The van der Waals surface area contributed by atoms with Crippen LogP contribution in [0.5, 0.6) is 0 Å². The Morgan fingerprint density at radius 2 is 1.63 bits per heavy atom. The number of aromatic nitrogens is 4. The lowest BCUT2D eigenvalue weighted by Gasteiger charge is -2.10. The number of para-hydroxylation sites is 2. The molecule has 0 fully saturated rings. The highest BCUT2D eigenvalue weighted by molar-refractivity contribution is 8.00. The van der Waals surface area contributed by atoms with Crippen molar-refractivity contribution in [3.63, 3.8) is 0 Å². The van der Waals surface area contributed by atoms with E-state index in [4.69, 9.17) is 4.98 Å². The van der Waals surface area contributed by atoms with Crippen molar-refractivity contribution in [1.29, 1.82) is 0 Å². The lowest BCUT2D eigenvalue weighted by atomic mass is 10.1. The molecular weight excluding hydrogens is 495 g/mol. The van der Waals surface area contributed by atoms with Crippen molar-refractivity contribution in [2.45, 2.75) is 21.7 Å². The van der Waals surface area contributed by atoms with Crippen LogP contribution in [0.4, 0.5) is 0 Å². The van der Waals surface area contributed by atoms with Crippen LogP contribution in [0.2, 0.25) is 0 Å². The molecule has 0 radical (unpaired) electrons. The van der Waals surface area contributed by atoms with E-state index in [0.717, 1.165) is 27.8 Å². The monoisotopic (exact) mass is 517 g/mol. The number of nitrogens with zero attached hydrogens (tertiary/aromatic N) is 4. The molecule has 2 aromatic heterocycles. The standard InChI is InChI=1S/C26H23N5OS3/c32-24(27-16-15-19-9-3-1-4-10-19)18-33-25-30-29-23(31(25)20-11-5-2-6-12-20)17-34-26-28-21-13-7-8-14-22(21)35-26/h1-14H,15-18H2,(H,27,32). The third-order valence-corrected chi connectivity index (χ3v) is 8.33. The van der Waals surface area contributed by atoms with Crippen LogP contribution in [-0.4, -0.2) is 38.0 Å². The van der Waals surface area contributed by atoms with E-state index in [0.29, 0.717) is 17.5 Å². The minimum absolute atomic E-state index is 0.0149. The van der Waals surface area contributed by atoms with Crippen LogP contribution in [0.25, 0.3) is 15.9 Å². The first-order valence-corrected chi connectivity index (χ1v) is 14.0. The van der Waals surface area contributed by atoms with Crippen molar-refractivity contribution in [3.05, 3.63) is 96.3 Å². The van der Waals surface area contributed by atoms with E-state index in [-0.39, 0.29) is 11.7 Å². The molecular formula is C26H23N5OS3. The molecule has 5 aromatic rings. The summed E-state index contributed by atoms with van der Waals surface area (Å²) in [5.41, 5.74) is 3.20. The predicted octanol–water partition coefficient (Wildman–Crippen LogP) is 5.62. The Morgan fingerprint density at radius 1 is 0.886 bits per heavy atom. The second kappa shape index (κ2) is 11.5. The number of thiazole rings is 1. The molecule has 0 aliphatic carbocycles. The van der Waals surface area contributed by atoms with Gasteiger partial charge in [0.05, 0.1) is 21.7 Å². The van der Waals surface area contributed by atoms with Gasteiger partial charge in [0.1, 0.15) is 5.82 Å². The van der Waals surface area contributed by atoms with E-state index >= 15 is 0 Å². The molecule has 0 saturated heterocycles. The van der Waals surface area contributed by atoms with Crippen LogP contribution in [0.15, 0.2) is 94.4 Å². The Morgan fingerprint density at radius 3 is 2.43 bits per heavy atom. The second-order valence-electron chi connectivity index (χ2n) is 7.68. The number of carbonyl (C=O) groups excluding carboxylic acids is 1. The summed E-state index contributed by atoms with van der Waals surface area (Å²) in [7, 11) is 0. The number of hydrogen-bond acceptors (Lipinski definition) is 7. The second-order valence-corrected chi connectivity index (χ2v) is 10.9. The number of hydrogen-bond donors (Lipinski definition) is 1. The number of carbonyl (C=O) groups is 1. The third-order valence-electron chi connectivity index (χ3n) is 5.22. The van der Waals surface area contributed by atoms with Crippen molar-refractivity contribution in [2.75, 3.05) is 12.3 Å². The van der Waals surface area contributed by atoms with Crippen LogP contribution in [0, 0.1) is 0 Å². The van der Waals surface area contributed by atoms with E-state index in [1.54, 1.807) is 23.1 Å². The van der Waals surface area contributed by atoms with Crippen LogP contribution in [0.3, 0.4) is 0 Å². The zero-order valence-electron chi connectivity index (χ0n) is 18.8. The third kappa shape index (κ3) is 6.11. The van der Waals surface area contributed by atoms with Gasteiger partial charge in [-0.25, -0.2) is 4.98 Å². The van der Waals surface area contributed by atoms with Gasteiger partial charge in [-0.2, -0.15) is 0 Å². The average molecular weight is 518 g/mol. The first-order chi connectivity index (χ1) is 17.3. The molecule has 1 N–H and O–H groups in total. The van der Waals surface area contributed by atoms with Crippen LogP contribution in [-0.2, 0) is 17.0 Å². The van der Waals surface area contributed by atoms with Gasteiger partial charge in [0.15, 0.2) is 9.50 Å². The van der Waals surface area contributed by atoms with Gasteiger partial charge in [-0.1, -0.05) is 84.2 Å². The van der Waals surface area contributed by atoms with Gasteiger partial charge in [-0.15, -0.1) is 21.5 Å². The predicted molar refractivity (Wildman–Crippen MR) is 144 cm³/mol. The van der Waals surface area contributed by atoms with Crippen molar-refractivity contribution >= 4 is 51.0 Å². The topological polar surface area (TPSA) is 72.7 Å². The molecule has 0 aliphatic rings. The Bertz CT molecular complexity index is 1370. The summed E-state index contributed by atoms with van der Waals surface area (Å²) in [6.45, 7) is 0.610. The lowest BCUT2D eigenvalue weighted by molar-refractivity contribution is -0.118. The normalized spacial score (nSPS) is 11.1. The highest BCUT2D eigenvalue weighted by Gasteiger charge is 2.17. The minimum Gasteiger partial charge on any atom is -0.355 e. The summed E-state index contributed by atoms with van der Waals surface area (Å²) in [4.78, 5) is 17.2. The number of rotatable bonds is 10. The van der Waals surface area contributed by atoms with Crippen LogP contribution < -0.4 is 5.32 Å². The van der Waals surface area contributed by atoms with Crippen molar-refractivity contribution in [2.24, 2.45) is 0 Å². The molecule has 35 heavy (non-hydrogen) atoms. The number of thioether (sulfide) groups is 2. The Kier molecular flexibility index (Phi) is 7.77. The van der Waals surface area contributed by atoms with E-state index in [2.05, 4.69) is 33.7 Å². The molecule has 0 saturated carbocycles. The zero-order valence-corrected chi connectivity index (χ0v) is 21.3. The maximum absolute atomic E-state index is 12.5. The maximum atomic E-state index is 12.5. The molecule has 1 amide bonds. The Hall–Kier alpha value is -3.14. The van der Waals surface area contributed by atoms with Gasteiger partial charge in [0.25, 0.3) is 0 Å². The van der Waals surface area contributed by atoms with Crippen LogP contribution in [0.1, 0.15) is 11.4 Å². The smallest absolute Gasteiger partial charge is 0.230 e. The number of benzene rings is 3. The molecule has 0 unspecified atom stereocenters. The SMILES string of the molecule is O=C(CSc1nnc(CSc2nc3ccccc3s2)n1-c1ccccc1)NCCc1ccccc1. The molecule has 0 spiro atoms. The van der Waals surface area contributed by atoms with Crippen molar-refractivity contribution in [3.8, 4) is 5.69 Å². The molecule has 6 nitrogen and oxygen atoms in total. The number of amides is 1. The first kappa shape index (κ1) is 23.6. The minimum atomic E-state index is -0.0149. The highest BCUT2D eigenvalue weighted by atomic mass is 32.2. The van der Waals surface area contributed by atoms with Crippen LogP contribution >= 0.6 is 34.9 Å². The Labute approximate surface area is 216 Å². The average Bonchev–Trinajstić information content (AvgIpc) is 3.51. The fraction of sp³-hybridized carbons (Fsp3) is 0.154. The molecule has 0 aliphatic heterocycles. The maximum Gasteiger partial charge on any atom is 0.230 e. The summed E-state index contributed by atoms with van der Waals surface area (Å²) in [6, 6.07) is 28.3. The summed E-state index contributed by atoms with van der Waals surface area (Å²) in [5, 5.41) is 12.6. The number of nitrogens with one attached hydrogen (secondary N) is 1. The van der Waals surface area contributed by atoms with E-state index in [1.807, 2.05) is 71.3 Å². The van der Waals surface area contributed by atoms with Gasteiger partial charge in [0.2, 0.25) is 5.91 Å². The fourth-order valence-corrected chi connectivity index (χ4v) is 6.32.